The highest BCUT2D eigenvalue weighted by molar-refractivity contribution is 5.79. The molecule has 1 aromatic heterocycles. The van der Waals surface area contributed by atoms with Crippen molar-refractivity contribution in [2.75, 3.05) is 14.2 Å². The molecule has 0 atom stereocenters. The van der Waals surface area contributed by atoms with Gasteiger partial charge in [-0.25, -0.2) is 4.98 Å². The zero-order valence-electron chi connectivity index (χ0n) is 14.2. The second kappa shape index (κ2) is 7.17. The molecule has 1 heterocycles. The van der Waals surface area contributed by atoms with Gasteiger partial charge in [0.1, 0.15) is 12.3 Å². The number of aromatic nitrogens is 2. The Kier molecular flexibility index (Phi) is 4.79. The minimum Gasteiger partial charge on any atom is -0.497 e. The Hall–Kier alpha value is -3.15. The predicted molar refractivity (Wildman–Crippen MR) is 95.5 cm³/mol. The number of methoxy groups -OCH3 is 1. The topological polar surface area (TPSA) is 64.4 Å². The molecule has 0 radical (unpaired) electrons. The van der Waals surface area contributed by atoms with E-state index in [1.54, 1.807) is 25.1 Å². The van der Waals surface area contributed by atoms with Gasteiger partial charge >= 0.3 is 0 Å². The summed E-state index contributed by atoms with van der Waals surface area (Å²) in [5.74, 6) is 0.627. The zero-order valence-corrected chi connectivity index (χ0v) is 14.2. The molecular formula is C19H19N3O3. The van der Waals surface area contributed by atoms with Gasteiger partial charge in [0.2, 0.25) is 5.91 Å². The second-order valence-corrected chi connectivity index (χ2v) is 5.77. The van der Waals surface area contributed by atoms with Crippen LogP contribution in [-0.2, 0) is 17.9 Å². The van der Waals surface area contributed by atoms with E-state index >= 15 is 0 Å². The molecule has 6 nitrogen and oxygen atoms in total. The van der Waals surface area contributed by atoms with Crippen LogP contribution in [-0.4, -0.2) is 34.5 Å². The molecule has 0 aliphatic rings. The Morgan fingerprint density at radius 3 is 2.60 bits per heavy atom. The molecule has 0 saturated heterocycles. The Balaban J connectivity index is 1.77. The molecule has 128 valence electrons. The van der Waals surface area contributed by atoms with Crippen molar-refractivity contribution in [3.05, 3.63) is 70.6 Å². The lowest BCUT2D eigenvalue weighted by Crippen LogP contribution is -2.33. The van der Waals surface area contributed by atoms with Crippen LogP contribution >= 0.6 is 0 Å². The van der Waals surface area contributed by atoms with Gasteiger partial charge in [0.15, 0.2) is 0 Å². The monoisotopic (exact) mass is 337 g/mol. The van der Waals surface area contributed by atoms with Crippen molar-refractivity contribution in [3.63, 3.8) is 0 Å². The molecule has 0 aliphatic carbocycles. The molecule has 0 spiro atoms. The van der Waals surface area contributed by atoms with Gasteiger partial charge in [-0.15, -0.1) is 0 Å². The predicted octanol–water partition coefficient (Wildman–Crippen LogP) is 2.06. The van der Waals surface area contributed by atoms with Crippen LogP contribution in [0.4, 0.5) is 0 Å². The van der Waals surface area contributed by atoms with Crippen molar-refractivity contribution >= 4 is 16.9 Å². The summed E-state index contributed by atoms with van der Waals surface area (Å²) in [6, 6.07) is 14.8. The summed E-state index contributed by atoms with van der Waals surface area (Å²) in [4.78, 5) is 30.4. The Morgan fingerprint density at radius 2 is 1.88 bits per heavy atom. The molecule has 2 aromatic carbocycles. The summed E-state index contributed by atoms with van der Waals surface area (Å²) in [5, 5.41) is 0. The first-order valence-electron chi connectivity index (χ1n) is 7.90. The molecule has 0 unspecified atom stereocenters. The van der Waals surface area contributed by atoms with E-state index in [2.05, 4.69) is 4.98 Å². The fraction of sp³-hybridized carbons (Fsp3) is 0.211. The van der Waals surface area contributed by atoms with Crippen LogP contribution in [0.2, 0.25) is 0 Å². The molecule has 6 heteroatoms. The maximum absolute atomic E-state index is 12.6. The van der Waals surface area contributed by atoms with E-state index in [0.29, 0.717) is 17.6 Å². The first kappa shape index (κ1) is 16.7. The highest BCUT2D eigenvalue weighted by Gasteiger charge is 2.13. The third kappa shape index (κ3) is 3.68. The molecule has 0 aliphatic heterocycles. The molecule has 3 aromatic rings. The summed E-state index contributed by atoms with van der Waals surface area (Å²) in [5.41, 5.74) is 2.04. The first-order chi connectivity index (χ1) is 12.1. The van der Waals surface area contributed by atoms with E-state index in [9.17, 15) is 9.59 Å². The Morgan fingerprint density at radius 1 is 1.16 bits per heavy atom. The number of fused-ring (bicyclic) bond motifs is 1. The van der Waals surface area contributed by atoms with Crippen molar-refractivity contribution in [2.24, 2.45) is 0 Å². The van der Waals surface area contributed by atoms with Crippen LogP contribution in [0.1, 0.15) is 5.56 Å². The van der Waals surface area contributed by atoms with Crippen LogP contribution in [0.5, 0.6) is 5.75 Å². The molecule has 0 bridgehead atoms. The SMILES string of the molecule is COc1ccc(CN(C)C(=O)Cn2c(=O)cnc3ccccc32)cc1. The zero-order chi connectivity index (χ0) is 17.8. The summed E-state index contributed by atoms with van der Waals surface area (Å²) < 4.78 is 6.58. The van der Waals surface area contributed by atoms with Crippen LogP contribution in [0.15, 0.2) is 59.5 Å². The molecule has 0 N–H and O–H groups in total. The Bertz CT molecular complexity index is 948. The fourth-order valence-corrected chi connectivity index (χ4v) is 2.63. The minimum absolute atomic E-state index is 0.0193. The van der Waals surface area contributed by atoms with E-state index in [1.807, 2.05) is 42.5 Å². The van der Waals surface area contributed by atoms with E-state index in [-0.39, 0.29) is 18.0 Å². The Labute approximate surface area is 145 Å². The third-order valence-corrected chi connectivity index (χ3v) is 4.05. The standard InChI is InChI=1S/C19H19N3O3/c1-21(12-14-7-9-15(25-2)10-8-14)19(24)13-22-17-6-4-3-5-16(17)20-11-18(22)23/h3-11H,12-13H2,1-2H3. The number of nitrogens with zero attached hydrogens (tertiary/aromatic N) is 3. The number of likely N-dealkylation sites (N-methyl/N-ethyl adjacent to an activating group) is 1. The number of hydrogen-bond donors (Lipinski definition) is 0. The van der Waals surface area contributed by atoms with Crippen LogP contribution in [0, 0.1) is 0 Å². The highest BCUT2D eigenvalue weighted by Crippen LogP contribution is 2.13. The maximum Gasteiger partial charge on any atom is 0.269 e. The van der Waals surface area contributed by atoms with Gasteiger partial charge in [-0.3, -0.25) is 14.2 Å². The van der Waals surface area contributed by atoms with Crippen LogP contribution in [0.25, 0.3) is 11.0 Å². The van der Waals surface area contributed by atoms with Crippen molar-refractivity contribution in [1.82, 2.24) is 14.5 Å². The number of benzene rings is 2. The van der Waals surface area contributed by atoms with Gasteiger partial charge in [-0.1, -0.05) is 24.3 Å². The van der Waals surface area contributed by atoms with Crippen LogP contribution < -0.4 is 10.3 Å². The second-order valence-electron chi connectivity index (χ2n) is 5.77. The lowest BCUT2D eigenvalue weighted by atomic mass is 10.2. The maximum atomic E-state index is 12.6. The van der Waals surface area contributed by atoms with Gasteiger partial charge in [0.05, 0.1) is 24.3 Å². The third-order valence-electron chi connectivity index (χ3n) is 4.05. The van der Waals surface area contributed by atoms with Gasteiger partial charge in [0, 0.05) is 13.6 Å². The summed E-state index contributed by atoms with van der Waals surface area (Å²) >= 11 is 0. The number of carbonyl (C=O) groups is 1. The number of rotatable bonds is 5. The van der Waals surface area contributed by atoms with Crippen molar-refractivity contribution in [3.8, 4) is 5.75 Å². The molecule has 3 rings (SSSR count). The summed E-state index contributed by atoms with van der Waals surface area (Å²) in [7, 11) is 3.34. The van der Waals surface area contributed by atoms with E-state index in [4.69, 9.17) is 4.74 Å². The molecule has 25 heavy (non-hydrogen) atoms. The van der Waals surface area contributed by atoms with E-state index in [0.717, 1.165) is 11.3 Å². The van der Waals surface area contributed by atoms with Crippen molar-refractivity contribution in [1.29, 1.82) is 0 Å². The lowest BCUT2D eigenvalue weighted by molar-refractivity contribution is -0.131. The molecule has 1 amide bonds. The van der Waals surface area contributed by atoms with Gasteiger partial charge < -0.3 is 9.64 Å². The highest BCUT2D eigenvalue weighted by atomic mass is 16.5. The number of ether oxygens (including phenoxy) is 1. The number of carbonyl (C=O) groups excluding carboxylic acids is 1. The average Bonchev–Trinajstić information content (AvgIpc) is 2.64. The van der Waals surface area contributed by atoms with Gasteiger partial charge in [0.25, 0.3) is 5.56 Å². The minimum atomic E-state index is -0.287. The molecule has 0 fully saturated rings. The van der Waals surface area contributed by atoms with E-state index < -0.39 is 0 Å². The summed E-state index contributed by atoms with van der Waals surface area (Å²) in [6.07, 6.45) is 1.25. The van der Waals surface area contributed by atoms with Crippen LogP contribution in [0.3, 0.4) is 0 Å². The lowest BCUT2D eigenvalue weighted by Gasteiger charge is -2.19. The molecule has 0 saturated carbocycles. The quantitative estimate of drug-likeness (QED) is 0.715. The smallest absolute Gasteiger partial charge is 0.269 e. The number of amides is 1. The first-order valence-corrected chi connectivity index (χ1v) is 7.90. The molecular weight excluding hydrogens is 318 g/mol. The normalized spacial score (nSPS) is 10.6. The van der Waals surface area contributed by atoms with Crippen molar-refractivity contribution < 1.29 is 9.53 Å². The number of para-hydroxylation sites is 2. The number of hydrogen-bond acceptors (Lipinski definition) is 4. The van der Waals surface area contributed by atoms with Crippen molar-refractivity contribution in [2.45, 2.75) is 13.1 Å². The van der Waals surface area contributed by atoms with E-state index in [1.165, 1.54) is 10.8 Å². The summed E-state index contributed by atoms with van der Waals surface area (Å²) in [6.45, 7) is 0.440. The van der Waals surface area contributed by atoms with Gasteiger partial charge in [-0.2, -0.15) is 0 Å². The fourth-order valence-electron chi connectivity index (χ4n) is 2.63. The van der Waals surface area contributed by atoms with Gasteiger partial charge in [-0.05, 0) is 29.8 Å². The average molecular weight is 337 g/mol. The largest absolute Gasteiger partial charge is 0.497 e.